The number of rotatable bonds is 2. The van der Waals surface area contributed by atoms with E-state index in [4.69, 9.17) is 5.73 Å². The van der Waals surface area contributed by atoms with Crippen molar-refractivity contribution in [2.45, 2.75) is 0 Å². The first kappa shape index (κ1) is 7.52. The first-order valence-corrected chi connectivity index (χ1v) is 2.98. The zero-order chi connectivity index (χ0) is 8.43. The number of carbonyl (C=O) groups is 3. The first-order chi connectivity index (χ1) is 5.11. The maximum absolute atomic E-state index is 10.8. The van der Waals surface area contributed by atoms with Crippen LogP contribution in [-0.2, 0) is 9.59 Å². The number of nitrogens with zero attached hydrogens (tertiary/aromatic N) is 1. The number of nitrogens with one attached hydrogen (secondary N) is 1. The van der Waals surface area contributed by atoms with Crippen molar-refractivity contribution >= 4 is 17.8 Å². The molecule has 1 fully saturated rings. The van der Waals surface area contributed by atoms with E-state index in [1.807, 2.05) is 0 Å². The summed E-state index contributed by atoms with van der Waals surface area (Å²) in [5, 5.41) is 2.25. The molecule has 0 aromatic heterocycles. The Hall–Kier alpha value is -1.59. The number of amides is 4. The van der Waals surface area contributed by atoms with Gasteiger partial charge in [0.1, 0.15) is 6.54 Å². The summed E-state index contributed by atoms with van der Waals surface area (Å²) in [6, 6.07) is -0.561. The predicted octanol–water partition coefficient (Wildman–Crippen LogP) is -1.98. The lowest BCUT2D eigenvalue weighted by Gasteiger charge is -2.07. The fraction of sp³-hybridized carbons (Fsp3) is 0.400. The first-order valence-electron chi connectivity index (χ1n) is 2.98. The minimum Gasteiger partial charge on any atom is -0.368 e. The molecule has 0 aromatic carbocycles. The monoisotopic (exact) mass is 157 g/mol. The van der Waals surface area contributed by atoms with Crippen LogP contribution in [0.2, 0.25) is 0 Å². The number of nitrogens with two attached hydrogens (primary N) is 1. The van der Waals surface area contributed by atoms with Crippen LogP contribution in [0, 0.1) is 0 Å². The van der Waals surface area contributed by atoms with Gasteiger partial charge in [-0.05, 0) is 0 Å². The highest BCUT2D eigenvalue weighted by Crippen LogP contribution is 1.96. The highest BCUT2D eigenvalue weighted by atomic mass is 16.2. The third-order valence-electron chi connectivity index (χ3n) is 1.25. The largest absolute Gasteiger partial charge is 0.368 e. The quantitative estimate of drug-likeness (QED) is 0.455. The van der Waals surface area contributed by atoms with Crippen LogP contribution in [-0.4, -0.2) is 35.8 Å². The summed E-state index contributed by atoms with van der Waals surface area (Å²) in [6.45, 7) is -0.392. The van der Waals surface area contributed by atoms with Crippen molar-refractivity contribution < 1.29 is 14.4 Å². The Morgan fingerprint density at radius 3 is 2.64 bits per heavy atom. The molecule has 0 aliphatic carbocycles. The second kappa shape index (κ2) is 2.57. The van der Waals surface area contributed by atoms with Crippen LogP contribution in [0.1, 0.15) is 0 Å². The zero-order valence-corrected chi connectivity index (χ0v) is 5.66. The molecule has 3 N–H and O–H groups in total. The molecule has 0 saturated carbocycles. The average Bonchev–Trinajstić information content (AvgIpc) is 2.18. The Bertz CT molecular complexity index is 209. The van der Waals surface area contributed by atoms with E-state index in [0.717, 1.165) is 4.90 Å². The standard InChI is InChI=1S/C5H7N3O3/c6-3(9)2-8-4(10)1-7-5(8)11/h1-2H2,(H2,6,9)(H,7,11). The molecule has 0 aromatic rings. The van der Waals surface area contributed by atoms with Gasteiger partial charge in [-0.2, -0.15) is 0 Å². The number of primary amides is 1. The fourth-order valence-electron chi connectivity index (χ4n) is 0.771. The van der Waals surface area contributed by atoms with Gasteiger partial charge in [0.15, 0.2) is 0 Å². The van der Waals surface area contributed by atoms with Crippen LogP contribution in [0.4, 0.5) is 4.79 Å². The van der Waals surface area contributed by atoms with Gasteiger partial charge in [0.2, 0.25) is 5.91 Å². The highest BCUT2D eigenvalue weighted by Gasteiger charge is 2.29. The molecule has 4 amide bonds. The molecular formula is C5H7N3O3. The van der Waals surface area contributed by atoms with Crippen molar-refractivity contribution in [2.75, 3.05) is 13.1 Å². The molecule has 1 aliphatic rings. The van der Waals surface area contributed by atoms with E-state index < -0.39 is 17.8 Å². The van der Waals surface area contributed by atoms with Gasteiger partial charge in [0.25, 0.3) is 5.91 Å². The van der Waals surface area contributed by atoms with E-state index in [-0.39, 0.29) is 13.1 Å². The van der Waals surface area contributed by atoms with E-state index in [9.17, 15) is 14.4 Å². The van der Waals surface area contributed by atoms with E-state index in [1.165, 1.54) is 0 Å². The van der Waals surface area contributed by atoms with Crippen molar-refractivity contribution in [1.29, 1.82) is 0 Å². The van der Waals surface area contributed by atoms with Crippen molar-refractivity contribution in [3.05, 3.63) is 0 Å². The molecule has 0 spiro atoms. The van der Waals surface area contributed by atoms with Crippen molar-refractivity contribution in [2.24, 2.45) is 5.73 Å². The minimum absolute atomic E-state index is 0.0495. The van der Waals surface area contributed by atoms with Crippen LogP contribution < -0.4 is 11.1 Å². The molecular weight excluding hydrogens is 150 g/mol. The molecule has 1 saturated heterocycles. The maximum atomic E-state index is 10.8. The summed E-state index contributed by atoms with van der Waals surface area (Å²) in [4.78, 5) is 32.5. The Morgan fingerprint density at radius 1 is 1.64 bits per heavy atom. The van der Waals surface area contributed by atoms with Crippen LogP contribution in [0.15, 0.2) is 0 Å². The summed E-state index contributed by atoms with van der Waals surface area (Å²) in [5.41, 5.74) is 4.78. The lowest BCUT2D eigenvalue weighted by molar-refractivity contribution is -0.129. The molecule has 0 atom stereocenters. The van der Waals surface area contributed by atoms with E-state index in [0.29, 0.717) is 0 Å². The summed E-state index contributed by atoms with van der Waals surface area (Å²) in [6.07, 6.45) is 0. The van der Waals surface area contributed by atoms with E-state index in [2.05, 4.69) is 5.32 Å². The normalized spacial score (nSPS) is 16.9. The van der Waals surface area contributed by atoms with Gasteiger partial charge >= 0.3 is 6.03 Å². The third-order valence-corrected chi connectivity index (χ3v) is 1.25. The maximum Gasteiger partial charge on any atom is 0.325 e. The molecule has 0 unspecified atom stereocenters. The van der Waals surface area contributed by atoms with Crippen molar-refractivity contribution in [3.8, 4) is 0 Å². The molecule has 6 nitrogen and oxygen atoms in total. The highest BCUT2D eigenvalue weighted by molar-refractivity contribution is 6.04. The lowest BCUT2D eigenvalue weighted by Crippen LogP contribution is -2.38. The smallest absolute Gasteiger partial charge is 0.325 e. The molecule has 60 valence electrons. The summed E-state index contributed by atoms with van der Waals surface area (Å²) in [5.74, 6) is -1.12. The van der Waals surface area contributed by atoms with Gasteiger partial charge in [0.05, 0.1) is 6.54 Å². The van der Waals surface area contributed by atoms with Gasteiger partial charge in [-0.15, -0.1) is 0 Å². The summed E-state index contributed by atoms with van der Waals surface area (Å²) < 4.78 is 0. The van der Waals surface area contributed by atoms with Gasteiger partial charge < -0.3 is 11.1 Å². The number of urea groups is 1. The van der Waals surface area contributed by atoms with Crippen LogP contribution in [0.5, 0.6) is 0 Å². The molecule has 1 aliphatic heterocycles. The van der Waals surface area contributed by atoms with Crippen LogP contribution in [0.25, 0.3) is 0 Å². The second-order valence-corrected chi connectivity index (χ2v) is 2.10. The second-order valence-electron chi connectivity index (χ2n) is 2.10. The Morgan fingerprint density at radius 2 is 2.27 bits per heavy atom. The van der Waals surface area contributed by atoms with E-state index >= 15 is 0 Å². The topological polar surface area (TPSA) is 92.5 Å². The van der Waals surface area contributed by atoms with Crippen LogP contribution >= 0.6 is 0 Å². The van der Waals surface area contributed by atoms with Gasteiger partial charge in [0, 0.05) is 0 Å². The zero-order valence-electron chi connectivity index (χ0n) is 5.66. The van der Waals surface area contributed by atoms with Gasteiger partial charge in [-0.1, -0.05) is 0 Å². The van der Waals surface area contributed by atoms with Crippen molar-refractivity contribution in [3.63, 3.8) is 0 Å². The van der Waals surface area contributed by atoms with Crippen LogP contribution in [0.3, 0.4) is 0 Å². The molecule has 0 radical (unpaired) electrons. The number of imide groups is 1. The molecule has 0 bridgehead atoms. The molecule has 1 rings (SSSR count). The summed E-state index contributed by atoms with van der Waals surface area (Å²) in [7, 11) is 0. The molecule has 1 heterocycles. The molecule has 6 heteroatoms. The molecule has 11 heavy (non-hydrogen) atoms. The average molecular weight is 157 g/mol. The Labute approximate surface area is 62.3 Å². The predicted molar refractivity (Wildman–Crippen MR) is 34.3 cm³/mol. The number of hydrogen-bond donors (Lipinski definition) is 2. The number of hydrogen-bond acceptors (Lipinski definition) is 3. The van der Waals surface area contributed by atoms with Gasteiger partial charge in [-0.3, -0.25) is 14.5 Å². The van der Waals surface area contributed by atoms with Gasteiger partial charge in [-0.25, -0.2) is 4.79 Å². The SMILES string of the molecule is NC(=O)CN1C(=O)CNC1=O. The van der Waals surface area contributed by atoms with Crippen molar-refractivity contribution in [1.82, 2.24) is 10.2 Å². The Kier molecular flexibility index (Phi) is 1.75. The lowest BCUT2D eigenvalue weighted by atomic mass is 10.5. The third kappa shape index (κ3) is 1.46. The fourth-order valence-corrected chi connectivity index (χ4v) is 0.771. The minimum atomic E-state index is -0.699. The number of carbonyl (C=O) groups excluding carboxylic acids is 3. The van der Waals surface area contributed by atoms with E-state index in [1.54, 1.807) is 0 Å². The Balaban J connectivity index is 2.62. The summed E-state index contributed by atoms with van der Waals surface area (Å²) >= 11 is 0.